The molecular formula is C21H14ClF3N6O3. The molecular weight excluding hydrogens is 477 g/mol. The van der Waals surface area contributed by atoms with E-state index in [2.05, 4.69) is 19.9 Å². The largest absolute Gasteiger partial charge is 0.437 e. The molecule has 0 atom stereocenters. The fourth-order valence-electron chi connectivity index (χ4n) is 3.40. The monoisotopic (exact) mass is 490 g/mol. The first-order valence-corrected chi connectivity index (χ1v) is 9.55. The first-order chi connectivity index (χ1) is 15.8. The van der Waals surface area contributed by atoms with Gasteiger partial charge in [0.15, 0.2) is 11.2 Å². The van der Waals surface area contributed by atoms with Gasteiger partial charge >= 0.3 is 12.2 Å². The van der Waals surface area contributed by atoms with Gasteiger partial charge in [0.2, 0.25) is 0 Å². The molecule has 1 fully saturated rings. The Morgan fingerprint density at radius 3 is 2.47 bits per heavy atom. The van der Waals surface area contributed by atoms with Crippen molar-refractivity contribution in [2.75, 3.05) is 16.3 Å². The average molecular weight is 491 g/mol. The number of imide groups is 1. The van der Waals surface area contributed by atoms with E-state index in [1.165, 1.54) is 49.1 Å². The number of urea groups is 1. The molecule has 0 saturated carbocycles. The van der Waals surface area contributed by atoms with Crippen molar-refractivity contribution in [2.45, 2.75) is 6.18 Å². The molecule has 34 heavy (non-hydrogen) atoms. The number of nitrogens with zero attached hydrogens (tertiary/aromatic N) is 5. The van der Waals surface area contributed by atoms with Gasteiger partial charge in [-0.15, -0.1) is 12.4 Å². The number of anilines is 2. The predicted molar refractivity (Wildman–Crippen MR) is 117 cm³/mol. The highest BCUT2D eigenvalue weighted by Crippen LogP contribution is 2.34. The Bertz CT molecular complexity index is 1380. The lowest BCUT2D eigenvalue weighted by Gasteiger charge is -2.18. The Morgan fingerprint density at radius 1 is 0.971 bits per heavy atom. The van der Waals surface area contributed by atoms with Crippen molar-refractivity contribution in [3.05, 3.63) is 66.7 Å². The summed E-state index contributed by atoms with van der Waals surface area (Å²) in [5, 5.41) is 0. The lowest BCUT2D eigenvalue weighted by atomic mass is 10.2. The quantitative estimate of drug-likeness (QED) is 0.421. The van der Waals surface area contributed by atoms with Crippen LogP contribution in [0.15, 0.2) is 61.2 Å². The Balaban J connectivity index is 0.00000274. The molecule has 0 radical (unpaired) electrons. The van der Waals surface area contributed by atoms with E-state index in [1.807, 2.05) is 0 Å². The zero-order chi connectivity index (χ0) is 23.2. The van der Waals surface area contributed by atoms with Crippen LogP contribution in [0.2, 0.25) is 0 Å². The number of aromatic amines is 1. The number of H-pyrrole nitrogens is 1. The number of ether oxygens (including phenoxy) is 1. The number of nitrogens with one attached hydrogen (secondary N) is 1. The number of rotatable bonds is 4. The molecule has 1 aliphatic rings. The summed E-state index contributed by atoms with van der Waals surface area (Å²) in [4.78, 5) is 42.3. The topological polar surface area (TPSA) is 104 Å². The molecule has 2 aromatic carbocycles. The van der Waals surface area contributed by atoms with Crippen molar-refractivity contribution in [2.24, 2.45) is 0 Å². The van der Waals surface area contributed by atoms with Crippen LogP contribution in [-0.2, 0) is 11.0 Å². The molecule has 0 aliphatic carbocycles. The van der Waals surface area contributed by atoms with E-state index in [-0.39, 0.29) is 36.2 Å². The predicted octanol–water partition coefficient (Wildman–Crippen LogP) is 4.56. The number of carbonyl (C=O) groups excluding carboxylic acids is 2. The molecule has 5 rings (SSSR count). The lowest BCUT2D eigenvalue weighted by Crippen LogP contribution is -2.33. The third-order valence-corrected chi connectivity index (χ3v) is 4.94. The number of imidazole rings is 1. The Kier molecular flexibility index (Phi) is 5.83. The van der Waals surface area contributed by atoms with Gasteiger partial charge in [-0.05, 0) is 42.5 Å². The minimum Gasteiger partial charge on any atom is -0.437 e. The fourth-order valence-corrected chi connectivity index (χ4v) is 3.40. The zero-order valence-electron chi connectivity index (χ0n) is 17.0. The number of fused-ring (bicyclic) bond motifs is 1. The highest BCUT2D eigenvalue weighted by atomic mass is 35.5. The van der Waals surface area contributed by atoms with Crippen molar-refractivity contribution < 1.29 is 27.5 Å². The van der Waals surface area contributed by atoms with Gasteiger partial charge in [0.05, 0.1) is 17.6 Å². The molecule has 9 nitrogen and oxygen atoms in total. The van der Waals surface area contributed by atoms with Gasteiger partial charge in [-0.2, -0.15) is 18.2 Å². The second-order valence-corrected chi connectivity index (χ2v) is 7.02. The Labute approximate surface area is 195 Å². The number of carbonyl (C=O) groups is 2. The van der Waals surface area contributed by atoms with Crippen LogP contribution in [0.5, 0.6) is 11.6 Å². The van der Waals surface area contributed by atoms with Gasteiger partial charge in [0.25, 0.3) is 11.8 Å². The van der Waals surface area contributed by atoms with E-state index >= 15 is 0 Å². The maximum absolute atomic E-state index is 13.0. The fraction of sp³-hybridized carbons (Fsp3) is 0.0952. The molecule has 3 amide bonds. The van der Waals surface area contributed by atoms with Crippen LogP contribution in [0, 0.1) is 0 Å². The Morgan fingerprint density at radius 2 is 1.74 bits per heavy atom. The molecule has 4 aromatic rings. The number of benzene rings is 2. The zero-order valence-corrected chi connectivity index (χ0v) is 17.8. The molecule has 0 spiro atoms. The summed E-state index contributed by atoms with van der Waals surface area (Å²) in [6.45, 7) is -0.379. The van der Waals surface area contributed by atoms with Crippen molar-refractivity contribution in [1.29, 1.82) is 0 Å². The standard InChI is InChI=1S/C21H13F3N6O3.ClH/c22-21(23,24)12-2-1-3-14(8-12)29-9-16(31)30(20(29)32)13-4-6-15(7-5-13)33-19-17-18(26-10-25-17)27-11-28-19;/h1-8,10-11H,9H2,(H,25,26,27,28);1H. The normalized spacial score (nSPS) is 14.0. The highest BCUT2D eigenvalue weighted by Gasteiger charge is 2.39. The maximum Gasteiger partial charge on any atom is 0.416 e. The summed E-state index contributed by atoms with van der Waals surface area (Å²) >= 11 is 0. The van der Waals surface area contributed by atoms with Crippen LogP contribution < -0.4 is 14.5 Å². The van der Waals surface area contributed by atoms with Crippen molar-refractivity contribution in [3.8, 4) is 11.6 Å². The first-order valence-electron chi connectivity index (χ1n) is 9.55. The molecule has 1 aliphatic heterocycles. The van der Waals surface area contributed by atoms with Crippen LogP contribution in [0.1, 0.15) is 5.56 Å². The minimum absolute atomic E-state index is 0. The number of hydrogen-bond acceptors (Lipinski definition) is 6. The average Bonchev–Trinajstić information content (AvgIpc) is 3.39. The van der Waals surface area contributed by atoms with Gasteiger partial charge < -0.3 is 9.72 Å². The first kappa shape index (κ1) is 23.0. The summed E-state index contributed by atoms with van der Waals surface area (Å²) in [5.41, 5.74) is 0.260. The van der Waals surface area contributed by atoms with E-state index in [9.17, 15) is 22.8 Å². The number of aromatic nitrogens is 4. The summed E-state index contributed by atoms with van der Waals surface area (Å²) in [6.07, 6.45) is -1.80. The highest BCUT2D eigenvalue weighted by molar-refractivity contribution is 6.26. The van der Waals surface area contributed by atoms with Gasteiger partial charge in [0, 0.05) is 5.69 Å². The molecule has 2 aromatic heterocycles. The number of alkyl halides is 3. The number of halogens is 4. The summed E-state index contributed by atoms with van der Waals surface area (Å²) in [6, 6.07) is 9.56. The van der Waals surface area contributed by atoms with Crippen molar-refractivity contribution in [3.63, 3.8) is 0 Å². The number of hydrogen-bond donors (Lipinski definition) is 1. The van der Waals surface area contributed by atoms with E-state index in [4.69, 9.17) is 4.74 Å². The molecule has 1 N–H and O–H groups in total. The van der Waals surface area contributed by atoms with Crippen LogP contribution >= 0.6 is 12.4 Å². The third-order valence-electron chi connectivity index (χ3n) is 4.94. The molecule has 13 heteroatoms. The van der Waals surface area contributed by atoms with E-state index < -0.39 is 23.7 Å². The minimum atomic E-state index is -4.57. The molecule has 1 saturated heterocycles. The Hall–Kier alpha value is -4.19. The van der Waals surface area contributed by atoms with Crippen LogP contribution in [-0.4, -0.2) is 38.4 Å². The number of amides is 3. The van der Waals surface area contributed by atoms with Gasteiger partial charge in [-0.1, -0.05) is 6.07 Å². The van der Waals surface area contributed by atoms with E-state index in [0.29, 0.717) is 16.9 Å². The van der Waals surface area contributed by atoms with Crippen LogP contribution in [0.25, 0.3) is 11.2 Å². The van der Waals surface area contributed by atoms with E-state index in [0.717, 1.165) is 21.9 Å². The molecule has 174 valence electrons. The maximum atomic E-state index is 13.0. The summed E-state index contributed by atoms with van der Waals surface area (Å²) in [7, 11) is 0. The SMILES string of the molecule is Cl.O=C1CN(c2cccc(C(F)(F)F)c2)C(=O)N1c1ccc(Oc2ncnc3[nH]cnc23)cc1. The molecule has 0 bridgehead atoms. The second kappa shape index (κ2) is 8.63. The van der Waals surface area contributed by atoms with Gasteiger partial charge in [-0.3, -0.25) is 9.69 Å². The lowest BCUT2D eigenvalue weighted by molar-refractivity contribution is -0.137. The van der Waals surface area contributed by atoms with E-state index in [1.54, 1.807) is 0 Å². The third kappa shape index (κ3) is 4.10. The molecule has 0 unspecified atom stereocenters. The summed E-state index contributed by atoms with van der Waals surface area (Å²) in [5.74, 6) is 0.0220. The van der Waals surface area contributed by atoms with Crippen LogP contribution in [0.3, 0.4) is 0 Å². The van der Waals surface area contributed by atoms with Gasteiger partial charge in [-0.25, -0.2) is 19.7 Å². The van der Waals surface area contributed by atoms with Crippen molar-refractivity contribution >= 4 is 46.9 Å². The van der Waals surface area contributed by atoms with Gasteiger partial charge in [0.1, 0.15) is 18.6 Å². The smallest absolute Gasteiger partial charge is 0.416 e. The summed E-state index contributed by atoms with van der Waals surface area (Å²) < 4.78 is 44.8. The molecule has 3 heterocycles. The van der Waals surface area contributed by atoms with Crippen molar-refractivity contribution in [1.82, 2.24) is 19.9 Å². The van der Waals surface area contributed by atoms with Crippen LogP contribution in [0.4, 0.5) is 29.3 Å². The second-order valence-electron chi connectivity index (χ2n) is 7.02.